The number of rotatable bonds is 6. The fraction of sp³-hybridized carbons (Fsp3) is 0.118. The molecule has 0 aliphatic carbocycles. The molecule has 130 valence electrons. The van der Waals surface area contributed by atoms with E-state index in [1.807, 2.05) is 0 Å². The van der Waals surface area contributed by atoms with Gasteiger partial charge in [-0.2, -0.15) is 0 Å². The molecule has 8 heteroatoms. The van der Waals surface area contributed by atoms with Crippen LogP contribution in [0.3, 0.4) is 0 Å². The molecule has 0 saturated heterocycles. The van der Waals surface area contributed by atoms with Gasteiger partial charge in [0.15, 0.2) is 11.6 Å². The lowest BCUT2D eigenvalue weighted by Crippen LogP contribution is -2.45. The Morgan fingerprint density at radius 1 is 1.00 bits per heavy atom. The van der Waals surface area contributed by atoms with E-state index >= 15 is 0 Å². The molecular formula is C17H14F2N2O4. The Kier molecular flexibility index (Phi) is 5.43. The molecule has 0 saturated carbocycles. The summed E-state index contributed by atoms with van der Waals surface area (Å²) in [5.74, 6) is -4.98. The molecule has 2 aromatic carbocycles. The molecule has 0 fully saturated rings. The number of carbonyl (C=O) groups is 3. The van der Waals surface area contributed by atoms with Crippen molar-refractivity contribution in [3.8, 4) is 0 Å². The maximum absolute atomic E-state index is 13.2. The number of carboxylic acid groups (broad SMARTS) is 1. The highest BCUT2D eigenvalue weighted by Crippen LogP contribution is 2.11. The van der Waals surface area contributed by atoms with E-state index < -0.39 is 35.5 Å². The average molecular weight is 348 g/mol. The zero-order valence-corrected chi connectivity index (χ0v) is 12.8. The maximum Gasteiger partial charge on any atom is 0.335 e. The molecular weight excluding hydrogens is 334 g/mol. The molecule has 0 aliphatic heterocycles. The minimum absolute atomic E-state index is 0.0185. The number of hydrogen-bond acceptors (Lipinski definition) is 3. The van der Waals surface area contributed by atoms with Crippen LogP contribution >= 0.6 is 0 Å². The number of nitrogens with one attached hydrogen (secondary N) is 1. The van der Waals surface area contributed by atoms with E-state index in [-0.39, 0.29) is 17.5 Å². The number of hydrogen-bond donors (Lipinski definition) is 3. The normalized spacial score (nSPS) is 11.6. The summed E-state index contributed by atoms with van der Waals surface area (Å²) in [6.07, 6.45) is 0.0185. The van der Waals surface area contributed by atoms with Gasteiger partial charge in [-0.3, -0.25) is 9.59 Å². The van der Waals surface area contributed by atoms with Crippen LogP contribution in [-0.4, -0.2) is 28.9 Å². The second-order valence-corrected chi connectivity index (χ2v) is 5.26. The Morgan fingerprint density at radius 2 is 1.60 bits per heavy atom. The summed E-state index contributed by atoms with van der Waals surface area (Å²) < 4.78 is 26.1. The molecule has 2 rings (SSSR count). The molecule has 0 unspecified atom stereocenters. The van der Waals surface area contributed by atoms with E-state index in [1.165, 1.54) is 24.3 Å². The van der Waals surface area contributed by atoms with Gasteiger partial charge in [0, 0.05) is 12.0 Å². The third-order valence-electron chi connectivity index (χ3n) is 3.47. The van der Waals surface area contributed by atoms with Gasteiger partial charge in [0.05, 0.1) is 5.56 Å². The minimum atomic E-state index is -1.19. The van der Waals surface area contributed by atoms with Gasteiger partial charge in [-0.25, -0.2) is 13.6 Å². The first-order valence-electron chi connectivity index (χ1n) is 7.15. The SMILES string of the molecule is NC(=O)[C@H](Cc1ccc(C(=O)O)cc1)NC(=O)c1ccc(F)c(F)c1. The highest BCUT2D eigenvalue weighted by atomic mass is 19.2. The first-order chi connectivity index (χ1) is 11.8. The number of nitrogens with two attached hydrogens (primary N) is 1. The van der Waals surface area contributed by atoms with Crippen LogP contribution in [0.5, 0.6) is 0 Å². The van der Waals surface area contributed by atoms with Gasteiger partial charge in [-0.05, 0) is 35.9 Å². The van der Waals surface area contributed by atoms with E-state index in [1.54, 1.807) is 0 Å². The van der Waals surface area contributed by atoms with E-state index in [4.69, 9.17) is 10.8 Å². The third kappa shape index (κ3) is 4.60. The number of aromatic carboxylic acids is 1. The Labute approximate surface area is 141 Å². The molecule has 6 nitrogen and oxygen atoms in total. The van der Waals surface area contributed by atoms with Crippen molar-refractivity contribution in [1.29, 1.82) is 0 Å². The zero-order valence-electron chi connectivity index (χ0n) is 12.8. The van der Waals surface area contributed by atoms with Crippen LogP contribution in [0.1, 0.15) is 26.3 Å². The van der Waals surface area contributed by atoms with Crippen molar-refractivity contribution in [2.24, 2.45) is 5.73 Å². The molecule has 25 heavy (non-hydrogen) atoms. The third-order valence-corrected chi connectivity index (χ3v) is 3.47. The Morgan fingerprint density at radius 3 is 2.12 bits per heavy atom. The summed E-state index contributed by atoms with van der Waals surface area (Å²) in [5, 5.41) is 11.2. The van der Waals surface area contributed by atoms with Crippen LogP contribution in [0.4, 0.5) is 8.78 Å². The Bertz CT molecular complexity index is 822. The fourth-order valence-electron chi connectivity index (χ4n) is 2.12. The number of halogens is 2. The summed E-state index contributed by atoms with van der Waals surface area (Å²) in [6, 6.07) is 7.18. The Balaban J connectivity index is 2.12. The summed E-state index contributed by atoms with van der Waals surface area (Å²) in [5.41, 5.74) is 5.74. The van der Waals surface area contributed by atoms with E-state index in [0.717, 1.165) is 12.1 Å². The largest absolute Gasteiger partial charge is 0.478 e. The van der Waals surface area contributed by atoms with E-state index in [9.17, 15) is 23.2 Å². The molecule has 1 atom stereocenters. The molecule has 0 heterocycles. The van der Waals surface area contributed by atoms with Crippen molar-refractivity contribution in [2.75, 3.05) is 0 Å². The van der Waals surface area contributed by atoms with Gasteiger partial charge in [-0.1, -0.05) is 12.1 Å². The standard InChI is InChI=1S/C17H14F2N2O4/c18-12-6-5-11(8-13(12)19)16(23)21-14(15(20)22)7-9-1-3-10(4-2-9)17(24)25/h1-6,8,14H,7H2,(H2,20,22)(H,21,23)(H,24,25)/t14-/m0/s1. The second kappa shape index (κ2) is 7.52. The monoisotopic (exact) mass is 348 g/mol. The average Bonchev–Trinajstić information content (AvgIpc) is 2.57. The molecule has 0 spiro atoms. The summed E-state index contributed by atoms with van der Waals surface area (Å²) >= 11 is 0. The van der Waals surface area contributed by atoms with E-state index in [0.29, 0.717) is 11.6 Å². The first kappa shape index (κ1) is 18.1. The van der Waals surface area contributed by atoms with Gasteiger partial charge < -0.3 is 16.2 Å². The van der Waals surface area contributed by atoms with Crippen molar-refractivity contribution in [1.82, 2.24) is 5.32 Å². The van der Waals surface area contributed by atoms with Crippen LogP contribution in [0, 0.1) is 11.6 Å². The Hall–Kier alpha value is -3.29. The molecule has 0 aliphatic rings. The highest BCUT2D eigenvalue weighted by molar-refractivity contribution is 5.97. The molecule has 4 N–H and O–H groups in total. The lowest BCUT2D eigenvalue weighted by Gasteiger charge is -2.16. The number of carbonyl (C=O) groups excluding carboxylic acids is 2. The summed E-state index contributed by atoms with van der Waals surface area (Å²) in [6.45, 7) is 0. The van der Waals surface area contributed by atoms with Gasteiger partial charge >= 0.3 is 5.97 Å². The molecule has 2 aromatic rings. The fourth-order valence-corrected chi connectivity index (χ4v) is 2.12. The van der Waals surface area contributed by atoms with Gasteiger partial charge in [0.2, 0.25) is 5.91 Å². The summed E-state index contributed by atoms with van der Waals surface area (Å²) in [4.78, 5) is 34.4. The quantitative estimate of drug-likeness (QED) is 0.735. The van der Waals surface area contributed by atoms with Crippen LogP contribution in [0.15, 0.2) is 42.5 Å². The van der Waals surface area contributed by atoms with Gasteiger partial charge in [0.25, 0.3) is 5.91 Å². The van der Waals surface area contributed by atoms with Gasteiger partial charge in [-0.15, -0.1) is 0 Å². The highest BCUT2D eigenvalue weighted by Gasteiger charge is 2.20. The second-order valence-electron chi connectivity index (χ2n) is 5.26. The summed E-state index contributed by atoms with van der Waals surface area (Å²) in [7, 11) is 0. The predicted molar refractivity (Wildman–Crippen MR) is 83.9 cm³/mol. The van der Waals surface area contributed by atoms with Crippen molar-refractivity contribution < 1.29 is 28.3 Å². The molecule has 0 bridgehead atoms. The zero-order chi connectivity index (χ0) is 18.6. The van der Waals surface area contributed by atoms with E-state index in [2.05, 4.69) is 5.32 Å². The molecule has 0 radical (unpaired) electrons. The topological polar surface area (TPSA) is 109 Å². The minimum Gasteiger partial charge on any atom is -0.478 e. The van der Waals surface area contributed by atoms with Crippen LogP contribution in [-0.2, 0) is 11.2 Å². The number of amides is 2. The smallest absolute Gasteiger partial charge is 0.335 e. The number of carboxylic acids is 1. The lowest BCUT2D eigenvalue weighted by molar-refractivity contribution is -0.119. The van der Waals surface area contributed by atoms with Gasteiger partial charge in [0.1, 0.15) is 6.04 Å². The van der Waals surface area contributed by atoms with Crippen LogP contribution in [0.25, 0.3) is 0 Å². The first-order valence-corrected chi connectivity index (χ1v) is 7.15. The molecule has 0 aromatic heterocycles. The number of primary amides is 1. The van der Waals surface area contributed by atoms with Crippen molar-refractivity contribution in [3.63, 3.8) is 0 Å². The van der Waals surface area contributed by atoms with Crippen molar-refractivity contribution >= 4 is 17.8 Å². The van der Waals surface area contributed by atoms with Crippen molar-refractivity contribution in [2.45, 2.75) is 12.5 Å². The maximum atomic E-state index is 13.2. The molecule has 2 amide bonds. The number of benzene rings is 2. The van der Waals surface area contributed by atoms with Crippen LogP contribution < -0.4 is 11.1 Å². The van der Waals surface area contributed by atoms with Crippen molar-refractivity contribution in [3.05, 3.63) is 70.8 Å². The lowest BCUT2D eigenvalue weighted by atomic mass is 10.0. The van der Waals surface area contributed by atoms with Crippen LogP contribution in [0.2, 0.25) is 0 Å². The predicted octanol–water partition coefficient (Wildman–Crippen LogP) is 1.49.